The van der Waals surface area contributed by atoms with Gasteiger partial charge in [0.05, 0.1) is 13.7 Å². The van der Waals surface area contributed by atoms with Gasteiger partial charge in [-0.2, -0.15) is 0 Å². The zero-order valence-corrected chi connectivity index (χ0v) is 13.9. The Morgan fingerprint density at radius 3 is 2.64 bits per heavy atom. The highest BCUT2D eigenvalue weighted by molar-refractivity contribution is 9.10. The van der Waals surface area contributed by atoms with E-state index in [1.54, 1.807) is 7.11 Å². The molecule has 0 bridgehead atoms. The number of methoxy groups -OCH3 is 1. The van der Waals surface area contributed by atoms with Gasteiger partial charge in [0.1, 0.15) is 0 Å². The van der Waals surface area contributed by atoms with Crippen LogP contribution >= 0.6 is 15.9 Å². The number of hydrogen-bond donors (Lipinski definition) is 1. The maximum absolute atomic E-state index is 11.9. The van der Waals surface area contributed by atoms with Crippen molar-refractivity contribution in [2.75, 3.05) is 19.0 Å². The zero-order chi connectivity index (χ0) is 15.8. The van der Waals surface area contributed by atoms with Gasteiger partial charge in [-0.25, -0.2) is 0 Å². The second-order valence-corrected chi connectivity index (χ2v) is 5.58. The highest BCUT2D eigenvalue weighted by atomic mass is 79.9. The summed E-state index contributed by atoms with van der Waals surface area (Å²) in [5.74, 6) is 1.36. The molecule has 1 N–H and O–H groups in total. The predicted octanol–water partition coefficient (Wildman–Crippen LogP) is 4.26. The van der Waals surface area contributed by atoms with Crippen LogP contribution in [-0.4, -0.2) is 19.6 Å². The van der Waals surface area contributed by atoms with Gasteiger partial charge in [0.25, 0.3) is 0 Å². The molecule has 4 nitrogen and oxygen atoms in total. The van der Waals surface area contributed by atoms with Gasteiger partial charge < -0.3 is 14.8 Å². The molecule has 22 heavy (non-hydrogen) atoms. The number of amides is 1. The molecule has 2 rings (SSSR count). The number of hydrogen-bond acceptors (Lipinski definition) is 3. The highest BCUT2D eigenvalue weighted by Crippen LogP contribution is 2.25. The summed E-state index contributed by atoms with van der Waals surface area (Å²) in [6.07, 6.45) is 1.04. The molecule has 0 aliphatic rings. The van der Waals surface area contributed by atoms with E-state index in [4.69, 9.17) is 9.47 Å². The van der Waals surface area contributed by atoms with E-state index in [1.165, 1.54) is 0 Å². The minimum atomic E-state index is -0.0262. The number of para-hydroxylation sites is 2. The molecule has 0 aromatic heterocycles. The van der Waals surface area contributed by atoms with Crippen LogP contribution in [0.15, 0.2) is 53.0 Å². The normalized spacial score (nSPS) is 10.1. The standard InChI is InChI=1S/C17H18BrNO3/c1-21-15-8-2-3-9-16(15)22-11-5-10-17(20)19-14-7-4-6-13(18)12-14/h2-4,6-9,12H,5,10-11H2,1H3,(H,19,20). The van der Waals surface area contributed by atoms with Gasteiger partial charge in [-0.1, -0.05) is 34.1 Å². The number of ether oxygens (including phenoxy) is 2. The fraction of sp³-hybridized carbons (Fsp3) is 0.235. The monoisotopic (exact) mass is 363 g/mol. The third-order valence-electron chi connectivity index (χ3n) is 2.98. The van der Waals surface area contributed by atoms with Crippen molar-refractivity contribution in [1.82, 2.24) is 0 Å². The van der Waals surface area contributed by atoms with Crippen LogP contribution in [0.25, 0.3) is 0 Å². The van der Waals surface area contributed by atoms with Crippen molar-refractivity contribution in [3.63, 3.8) is 0 Å². The molecule has 0 saturated heterocycles. The fourth-order valence-electron chi connectivity index (χ4n) is 1.94. The summed E-state index contributed by atoms with van der Waals surface area (Å²) in [6.45, 7) is 0.465. The first kappa shape index (κ1) is 16.4. The largest absolute Gasteiger partial charge is 0.493 e. The molecule has 2 aromatic rings. The molecular weight excluding hydrogens is 346 g/mol. The number of benzene rings is 2. The van der Waals surface area contributed by atoms with E-state index >= 15 is 0 Å². The Morgan fingerprint density at radius 1 is 1.14 bits per heavy atom. The van der Waals surface area contributed by atoms with E-state index < -0.39 is 0 Å². The number of nitrogens with one attached hydrogen (secondary N) is 1. The molecule has 0 saturated carbocycles. The fourth-order valence-corrected chi connectivity index (χ4v) is 2.34. The molecule has 0 aliphatic heterocycles. The van der Waals surface area contributed by atoms with Crippen LogP contribution in [0.5, 0.6) is 11.5 Å². The Bertz CT molecular complexity index is 631. The van der Waals surface area contributed by atoms with Crippen LogP contribution in [0.4, 0.5) is 5.69 Å². The van der Waals surface area contributed by atoms with Crippen LogP contribution in [-0.2, 0) is 4.79 Å². The molecule has 0 heterocycles. The molecule has 0 atom stereocenters. The Balaban J connectivity index is 1.73. The number of halogens is 1. The number of rotatable bonds is 7. The lowest BCUT2D eigenvalue weighted by molar-refractivity contribution is -0.116. The van der Waals surface area contributed by atoms with E-state index in [0.29, 0.717) is 30.9 Å². The summed E-state index contributed by atoms with van der Waals surface area (Å²) in [7, 11) is 1.60. The second-order valence-electron chi connectivity index (χ2n) is 4.66. The van der Waals surface area contributed by atoms with Crippen LogP contribution in [0.3, 0.4) is 0 Å². The third-order valence-corrected chi connectivity index (χ3v) is 3.48. The van der Waals surface area contributed by atoms with Crippen LogP contribution in [0, 0.1) is 0 Å². The van der Waals surface area contributed by atoms with Crippen molar-refractivity contribution >= 4 is 27.5 Å². The maximum Gasteiger partial charge on any atom is 0.224 e. The Morgan fingerprint density at radius 2 is 1.91 bits per heavy atom. The predicted molar refractivity (Wildman–Crippen MR) is 90.5 cm³/mol. The molecule has 1 amide bonds. The summed E-state index contributed by atoms with van der Waals surface area (Å²) < 4.78 is 11.8. The molecule has 0 radical (unpaired) electrons. The molecule has 2 aromatic carbocycles. The number of anilines is 1. The Hall–Kier alpha value is -2.01. The molecule has 0 unspecified atom stereocenters. The smallest absolute Gasteiger partial charge is 0.224 e. The first-order chi connectivity index (χ1) is 10.7. The quantitative estimate of drug-likeness (QED) is 0.747. The SMILES string of the molecule is COc1ccccc1OCCCC(=O)Nc1cccc(Br)c1. The van der Waals surface area contributed by atoms with E-state index in [-0.39, 0.29) is 5.91 Å². The molecular formula is C17H18BrNO3. The molecule has 0 spiro atoms. The first-order valence-electron chi connectivity index (χ1n) is 7.00. The van der Waals surface area contributed by atoms with Crippen molar-refractivity contribution in [3.8, 4) is 11.5 Å². The van der Waals surface area contributed by atoms with Crippen molar-refractivity contribution in [3.05, 3.63) is 53.0 Å². The van der Waals surface area contributed by atoms with Crippen molar-refractivity contribution in [1.29, 1.82) is 0 Å². The minimum absolute atomic E-state index is 0.0262. The van der Waals surface area contributed by atoms with Gasteiger partial charge in [-0.05, 0) is 36.8 Å². The van der Waals surface area contributed by atoms with Gasteiger partial charge in [-0.3, -0.25) is 4.79 Å². The average molecular weight is 364 g/mol. The van der Waals surface area contributed by atoms with Gasteiger partial charge in [0.15, 0.2) is 11.5 Å². The number of carbonyl (C=O) groups excluding carboxylic acids is 1. The topological polar surface area (TPSA) is 47.6 Å². The van der Waals surface area contributed by atoms with Crippen molar-refractivity contribution in [2.45, 2.75) is 12.8 Å². The summed E-state index contributed by atoms with van der Waals surface area (Å²) >= 11 is 3.37. The van der Waals surface area contributed by atoms with Gasteiger partial charge in [-0.15, -0.1) is 0 Å². The number of carbonyl (C=O) groups is 1. The maximum atomic E-state index is 11.9. The van der Waals surface area contributed by atoms with E-state index in [9.17, 15) is 4.79 Å². The molecule has 0 aliphatic carbocycles. The molecule has 5 heteroatoms. The second kappa shape index (κ2) is 8.44. The molecule has 116 valence electrons. The van der Waals surface area contributed by atoms with Crippen LogP contribution < -0.4 is 14.8 Å². The Kier molecular flexibility index (Phi) is 6.27. The van der Waals surface area contributed by atoms with E-state index in [1.807, 2.05) is 48.5 Å². The highest BCUT2D eigenvalue weighted by Gasteiger charge is 2.05. The van der Waals surface area contributed by atoms with Gasteiger partial charge >= 0.3 is 0 Å². The lowest BCUT2D eigenvalue weighted by atomic mass is 10.2. The lowest BCUT2D eigenvalue weighted by Gasteiger charge is -2.10. The lowest BCUT2D eigenvalue weighted by Crippen LogP contribution is -2.12. The van der Waals surface area contributed by atoms with Crippen molar-refractivity contribution in [2.24, 2.45) is 0 Å². The van der Waals surface area contributed by atoms with E-state index in [0.717, 1.165) is 10.2 Å². The van der Waals surface area contributed by atoms with Gasteiger partial charge in [0.2, 0.25) is 5.91 Å². The van der Waals surface area contributed by atoms with Gasteiger partial charge in [0, 0.05) is 16.6 Å². The average Bonchev–Trinajstić information content (AvgIpc) is 2.52. The molecule has 0 fully saturated rings. The summed E-state index contributed by atoms with van der Waals surface area (Å²) in [5, 5.41) is 2.85. The third kappa shape index (κ3) is 5.07. The minimum Gasteiger partial charge on any atom is -0.493 e. The van der Waals surface area contributed by atoms with Crippen LogP contribution in [0.2, 0.25) is 0 Å². The van der Waals surface area contributed by atoms with E-state index in [2.05, 4.69) is 21.2 Å². The van der Waals surface area contributed by atoms with Crippen molar-refractivity contribution < 1.29 is 14.3 Å². The Labute approximate surface area is 138 Å². The summed E-state index contributed by atoms with van der Waals surface area (Å²) in [4.78, 5) is 11.9. The first-order valence-corrected chi connectivity index (χ1v) is 7.79. The summed E-state index contributed by atoms with van der Waals surface area (Å²) in [6, 6.07) is 15.0. The van der Waals surface area contributed by atoms with Crippen LogP contribution in [0.1, 0.15) is 12.8 Å². The zero-order valence-electron chi connectivity index (χ0n) is 12.3. The summed E-state index contributed by atoms with van der Waals surface area (Å²) in [5.41, 5.74) is 0.782.